The van der Waals surface area contributed by atoms with Crippen LogP contribution in [0.15, 0.2) is 11.6 Å². The number of carbonyl (C=O) groups excluding carboxylic acids is 3. The summed E-state index contributed by atoms with van der Waals surface area (Å²) < 4.78 is 0. The Morgan fingerprint density at radius 3 is 2.18 bits per heavy atom. The fourth-order valence-electron chi connectivity index (χ4n) is 2.00. The summed E-state index contributed by atoms with van der Waals surface area (Å²) in [4.78, 5) is 35.0. The molecule has 6 heteroatoms. The van der Waals surface area contributed by atoms with E-state index in [1.807, 2.05) is 6.92 Å². The van der Waals surface area contributed by atoms with Crippen LogP contribution in [0.25, 0.3) is 0 Å². The number of imide groups is 2. The molecule has 1 heterocycles. The number of barbiturate groups is 1. The van der Waals surface area contributed by atoms with Crippen molar-refractivity contribution in [1.82, 2.24) is 10.6 Å². The molecule has 0 aromatic heterocycles. The maximum atomic E-state index is 12.0. The molecule has 5 nitrogen and oxygen atoms in total. The van der Waals surface area contributed by atoms with Crippen molar-refractivity contribution in [2.24, 2.45) is 11.3 Å². The summed E-state index contributed by atoms with van der Waals surface area (Å²) in [7, 11) is 0. The van der Waals surface area contributed by atoms with Gasteiger partial charge in [-0.15, -0.1) is 0 Å². The molecule has 0 aromatic carbocycles. The van der Waals surface area contributed by atoms with Gasteiger partial charge >= 0.3 is 6.03 Å². The minimum Gasteiger partial charge on any atom is -0.277 e. The molecule has 1 rings (SSSR count). The molecular weight excluding hydrogens is 244 g/mol. The van der Waals surface area contributed by atoms with E-state index in [4.69, 9.17) is 11.6 Å². The zero-order chi connectivity index (χ0) is 13.2. The number of rotatable bonds is 4. The van der Waals surface area contributed by atoms with Gasteiger partial charge in [-0.1, -0.05) is 38.4 Å². The molecule has 2 N–H and O–H groups in total. The summed E-state index contributed by atoms with van der Waals surface area (Å²) in [6.45, 7) is 7.15. The lowest BCUT2D eigenvalue weighted by Crippen LogP contribution is -2.64. The molecule has 0 bridgehead atoms. The number of urea groups is 1. The Labute approximate surface area is 105 Å². The van der Waals surface area contributed by atoms with E-state index in [-0.39, 0.29) is 17.4 Å². The van der Waals surface area contributed by atoms with Crippen LogP contribution < -0.4 is 10.6 Å². The second-order valence-corrected chi connectivity index (χ2v) is 4.75. The Hall–Kier alpha value is -1.36. The van der Waals surface area contributed by atoms with Crippen LogP contribution in [0, 0.1) is 11.3 Å². The molecule has 17 heavy (non-hydrogen) atoms. The molecule has 0 radical (unpaired) electrons. The summed E-state index contributed by atoms with van der Waals surface area (Å²) in [5.41, 5.74) is -1.35. The number of allylic oxidation sites excluding steroid dienone is 1. The van der Waals surface area contributed by atoms with Crippen molar-refractivity contribution < 1.29 is 14.4 Å². The maximum absolute atomic E-state index is 12.0. The van der Waals surface area contributed by atoms with Crippen LogP contribution in [0.2, 0.25) is 0 Å². The lowest BCUT2D eigenvalue weighted by molar-refractivity contribution is -0.148. The first-order chi connectivity index (χ1) is 7.84. The fraction of sp³-hybridized carbons (Fsp3) is 0.545. The molecule has 1 fully saturated rings. The van der Waals surface area contributed by atoms with Gasteiger partial charge < -0.3 is 0 Å². The summed E-state index contributed by atoms with van der Waals surface area (Å²) >= 11 is 5.73. The SMILES string of the molecule is C=C(Cl)CC1(C(C)CC)C(=O)NC(=O)NC1=O. The van der Waals surface area contributed by atoms with Gasteiger partial charge in [-0.2, -0.15) is 0 Å². The molecule has 1 atom stereocenters. The quantitative estimate of drug-likeness (QED) is 0.751. The molecule has 0 aliphatic carbocycles. The largest absolute Gasteiger partial charge is 0.328 e. The molecule has 1 saturated heterocycles. The molecule has 1 aliphatic heterocycles. The highest BCUT2D eigenvalue weighted by Crippen LogP contribution is 2.39. The Balaban J connectivity index is 3.20. The van der Waals surface area contributed by atoms with Crippen LogP contribution in [0.4, 0.5) is 4.79 Å². The molecule has 1 aliphatic rings. The van der Waals surface area contributed by atoms with Gasteiger partial charge in [-0.25, -0.2) is 4.79 Å². The molecule has 0 aromatic rings. The second-order valence-electron chi connectivity index (χ2n) is 4.21. The number of halogens is 1. The predicted octanol–water partition coefficient (Wildman–Crippen LogP) is 1.53. The van der Waals surface area contributed by atoms with Crippen molar-refractivity contribution in [3.05, 3.63) is 11.6 Å². The van der Waals surface area contributed by atoms with Gasteiger partial charge in [-0.3, -0.25) is 20.2 Å². The zero-order valence-electron chi connectivity index (χ0n) is 9.80. The van der Waals surface area contributed by atoms with E-state index in [0.29, 0.717) is 6.42 Å². The van der Waals surface area contributed by atoms with E-state index in [9.17, 15) is 14.4 Å². The van der Waals surface area contributed by atoms with Gasteiger partial charge in [0.2, 0.25) is 11.8 Å². The molecule has 4 amide bonds. The van der Waals surface area contributed by atoms with Crippen molar-refractivity contribution in [2.45, 2.75) is 26.7 Å². The number of amides is 4. The fourth-order valence-corrected chi connectivity index (χ4v) is 2.21. The molecule has 0 spiro atoms. The molecule has 94 valence electrons. The van der Waals surface area contributed by atoms with Gasteiger partial charge in [0.25, 0.3) is 0 Å². The molecular formula is C11H15ClN2O3. The van der Waals surface area contributed by atoms with Gasteiger partial charge in [0.1, 0.15) is 5.41 Å². The van der Waals surface area contributed by atoms with Crippen molar-refractivity contribution in [3.63, 3.8) is 0 Å². The van der Waals surface area contributed by atoms with Crippen LogP contribution in [-0.2, 0) is 9.59 Å². The summed E-state index contributed by atoms with van der Waals surface area (Å²) in [6, 6.07) is -0.792. The van der Waals surface area contributed by atoms with Crippen LogP contribution in [0.1, 0.15) is 26.7 Å². The highest BCUT2D eigenvalue weighted by Gasteiger charge is 2.53. The van der Waals surface area contributed by atoms with Crippen molar-refractivity contribution in [2.75, 3.05) is 0 Å². The zero-order valence-corrected chi connectivity index (χ0v) is 10.6. The Morgan fingerprint density at radius 2 is 1.82 bits per heavy atom. The van der Waals surface area contributed by atoms with Gasteiger partial charge in [0, 0.05) is 11.5 Å². The molecule has 1 unspecified atom stereocenters. The third-order valence-corrected chi connectivity index (χ3v) is 3.32. The van der Waals surface area contributed by atoms with Crippen molar-refractivity contribution in [3.8, 4) is 0 Å². The average Bonchev–Trinajstić information content (AvgIpc) is 2.22. The topological polar surface area (TPSA) is 75.3 Å². The highest BCUT2D eigenvalue weighted by atomic mass is 35.5. The van der Waals surface area contributed by atoms with Crippen molar-refractivity contribution >= 4 is 29.4 Å². The van der Waals surface area contributed by atoms with E-state index in [1.54, 1.807) is 6.92 Å². The van der Waals surface area contributed by atoms with Gasteiger partial charge in [-0.05, 0) is 5.92 Å². The predicted molar refractivity (Wildman–Crippen MR) is 63.2 cm³/mol. The van der Waals surface area contributed by atoms with E-state index < -0.39 is 23.3 Å². The lowest BCUT2D eigenvalue weighted by atomic mass is 9.70. The summed E-state index contributed by atoms with van der Waals surface area (Å²) in [6.07, 6.45) is 0.633. The smallest absolute Gasteiger partial charge is 0.277 e. The monoisotopic (exact) mass is 258 g/mol. The van der Waals surface area contributed by atoms with Crippen LogP contribution in [0.3, 0.4) is 0 Å². The number of nitrogens with one attached hydrogen (secondary N) is 2. The van der Waals surface area contributed by atoms with Crippen LogP contribution in [-0.4, -0.2) is 17.8 Å². The summed E-state index contributed by atoms with van der Waals surface area (Å²) in [5.74, 6) is -1.46. The Bertz CT molecular complexity index is 372. The first-order valence-electron chi connectivity index (χ1n) is 5.34. The average molecular weight is 259 g/mol. The number of hydrogen-bond acceptors (Lipinski definition) is 3. The third kappa shape index (κ3) is 2.34. The normalized spacial score (nSPS) is 20.5. The minimum atomic E-state index is -1.35. The van der Waals surface area contributed by atoms with Crippen LogP contribution in [0.5, 0.6) is 0 Å². The minimum absolute atomic E-state index is 0.0223. The van der Waals surface area contributed by atoms with Gasteiger partial charge in [0.15, 0.2) is 0 Å². The lowest BCUT2D eigenvalue weighted by Gasteiger charge is -2.38. The molecule has 0 saturated carbocycles. The Kier molecular flexibility index (Phi) is 3.93. The second kappa shape index (κ2) is 4.87. The van der Waals surface area contributed by atoms with Gasteiger partial charge in [0.05, 0.1) is 0 Å². The maximum Gasteiger partial charge on any atom is 0.328 e. The van der Waals surface area contributed by atoms with Crippen molar-refractivity contribution in [1.29, 1.82) is 0 Å². The summed E-state index contributed by atoms with van der Waals surface area (Å²) in [5, 5.41) is 4.44. The first kappa shape index (κ1) is 13.7. The first-order valence-corrected chi connectivity index (χ1v) is 5.72. The van der Waals surface area contributed by atoms with E-state index >= 15 is 0 Å². The number of carbonyl (C=O) groups is 3. The van der Waals surface area contributed by atoms with E-state index in [0.717, 1.165) is 0 Å². The third-order valence-electron chi connectivity index (χ3n) is 3.19. The van der Waals surface area contributed by atoms with Crippen LogP contribution >= 0.6 is 11.6 Å². The standard InChI is InChI=1S/C11H15ClN2O3/c1-4-6(2)11(5-7(3)12)8(15)13-10(17)14-9(11)16/h6H,3-5H2,1-2H3,(H2,13,14,15,16,17). The van der Waals surface area contributed by atoms with E-state index in [1.165, 1.54) is 0 Å². The number of hydrogen-bond donors (Lipinski definition) is 2. The Morgan fingerprint density at radius 1 is 1.35 bits per heavy atom. The highest BCUT2D eigenvalue weighted by molar-refractivity contribution is 6.30. The van der Waals surface area contributed by atoms with E-state index in [2.05, 4.69) is 17.2 Å².